The molecular formula is C37H43Cl2N5O4. The van der Waals surface area contributed by atoms with Crippen LogP contribution >= 0.6 is 23.2 Å². The molecule has 0 spiro atoms. The van der Waals surface area contributed by atoms with E-state index in [0.717, 1.165) is 37.1 Å². The van der Waals surface area contributed by atoms with E-state index in [-0.39, 0.29) is 18.0 Å². The van der Waals surface area contributed by atoms with Crippen molar-refractivity contribution in [2.45, 2.75) is 51.3 Å². The van der Waals surface area contributed by atoms with Crippen LogP contribution in [-0.2, 0) is 10.3 Å². The molecule has 2 unspecified atom stereocenters. The molecule has 2 saturated heterocycles. The lowest BCUT2D eigenvalue weighted by molar-refractivity contribution is -0.131. The van der Waals surface area contributed by atoms with E-state index in [9.17, 15) is 9.59 Å². The lowest BCUT2D eigenvalue weighted by atomic mass is 9.81. The van der Waals surface area contributed by atoms with Gasteiger partial charge in [-0.15, -0.1) is 0 Å². The zero-order valence-electron chi connectivity index (χ0n) is 28.0. The number of aliphatic imine (C=N–C) groups is 1. The van der Waals surface area contributed by atoms with Gasteiger partial charge in [0.1, 0.15) is 22.9 Å². The maximum Gasteiger partial charge on any atom is 0.326 e. The topological polar surface area (TPSA) is 77.9 Å². The van der Waals surface area contributed by atoms with Crippen molar-refractivity contribution in [3.63, 3.8) is 0 Å². The number of piperazine rings is 1. The number of amides is 3. The number of urea groups is 1. The summed E-state index contributed by atoms with van der Waals surface area (Å²) in [6.45, 7) is 10.2. The van der Waals surface area contributed by atoms with Gasteiger partial charge in [0.2, 0.25) is 5.91 Å². The van der Waals surface area contributed by atoms with Crippen molar-refractivity contribution in [1.82, 2.24) is 19.6 Å². The van der Waals surface area contributed by atoms with E-state index in [1.807, 2.05) is 95.3 Å². The van der Waals surface area contributed by atoms with Gasteiger partial charge in [-0.05, 0) is 81.1 Å². The first-order valence-electron chi connectivity index (χ1n) is 16.6. The number of hydrogen-bond donors (Lipinski definition) is 0. The smallest absolute Gasteiger partial charge is 0.326 e. The first-order valence-corrected chi connectivity index (χ1v) is 17.4. The maximum absolute atomic E-state index is 15.0. The molecule has 0 aliphatic carbocycles. The van der Waals surface area contributed by atoms with Gasteiger partial charge in [-0.3, -0.25) is 19.6 Å². The van der Waals surface area contributed by atoms with Gasteiger partial charge < -0.3 is 19.3 Å². The van der Waals surface area contributed by atoms with Crippen LogP contribution in [0.25, 0.3) is 0 Å². The molecule has 0 N–H and O–H groups in total. The quantitative estimate of drug-likeness (QED) is 0.258. The predicted octanol–water partition coefficient (Wildman–Crippen LogP) is 6.87. The van der Waals surface area contributed by atoms with Crippen LogP contribution in [0.1, 0.15) is 56.3 Å². The van der Waals surface area contributed by atoms with Crippen LogP contribution in [-0.4, -0.2) is 96.4 Å². The fourth-order valence-electron chi connectivity index (χ4n) is 6.90. The van der Waals surface area contributed by atoms with Crippen LogP contribution in [0.2, 0.25) is 10.0 Å². The summed E-state index contributed by atoms with van der Waals surface area (Å²) < 4.78 is 11.9. The summed E-state index contributed by atoms with van der Waals surface area (Å²) in [5, 5.41) is 1.22. The molecule has 3 aromatic carbocycles. The van der Waals surface area contributed by atoms with Gasteiger partial charge in [-0.2, -0.15) is 0 Å². The predicted molar refractivity (Wildman–Crippen MR) is 189 cm³/mol. The zero-order chi connectivity index (χ0) is 34.0. The van der Waals surface area contributed by atoms with Crippen molar-refractivity contribution >= 4 is 41.0 Å². The largest absolute Gasteiger partial charge is 0.497 e. The molecule has 48 heavy (non-hydrogen) atoms. The Hall–Kier alpha value is -3.79. The van der Waals surface area contributed by atoms with Crippen molar-refractivity contribution in [3.05, 3.63) is 93.5 Å². The highest BCUT2D eigenvalue weighted by Crippen LogP contribution is 2.50. The third kappa shape index (κ3) is 7.00. The Labute approximate surface area is 293 Å². The molecule has 0 radical (unpaired) electrons. The van der Waals surface area contributed by atoms with Gasteiger partial charge in [0.05, 0.1) is 31.4 Å². The minimum absolute atomic E-state index is 0.131. The fraction of sp³-hybridized carbons (Fsp3) is 0.432. The van der Waals surface area contributed by atoms with E-state index in [1.165, 1.54) is 0 Å². The third-order valence-electron chi connectivity index (χ3n) is 9.43. The van der Waals surface area contributed by atoms with Crippen molar-refractivity contribution in [2.24, 2.45) is 4.99 Å². The standard InChI is InChI=1S/C37H43Cl2N5O4/c1-25(2)48-32-23-30(47-4)15-16-31(32)35-40-37(3,27-9-13-29(39)14-10-27)34(26-7-11-28(38)12-8-26)44(35)36(46)43-21-19-41(20-22-43)24-33(45)42-17-5-6-18-42/h7-16,23,25,34H,5-6,17-22,24H2,1-4H3. The first-order chi connectivity index (χ1) is 23.1. The molecule has 0 aromatic heterocycles. The van der Waals surface area contributed by atoms with E-state index in [2.05, 4.69) is 11.8 Å². The molecule has 3 heterocycles. The number of methoxy groups -OCH3 is 1. The number of carbonyl (C=O) groups excluding carboxylic acids is 2. The Kier molecular flexibility index (Phi) is 10.2. The summed E-state index contributed by atoms with van der Waals surface area (Å²) >= 11 is 12.7. The van der Waals surface area contributed by atoms with Crippen LogP contribution in [0.15, 0.2) is 71.7 Å². The molecule has 3 amide bonds. The molecule has 9 nitrogen and oxygen atoms in total. The Bertz CT molecular complexity index is 1650. The molecule has 0 bridgehead atoms. The average molecular weight is 693 g/mol. The number of likely N-dealkylation sites (tertiary alicyclic amines) is 1. The molecule has 0 saturated carbocycles. The molecular weight excluding hydrogens is 649 g/mol. The Morgan fingerprint density at radius 3 is 2.10 bits per heavy atom. The first kappa shape index (κ1) is 34.1. The van der Waals surface area contributed by atoms with Crippen LogP contribution < -0.4 is 9.47 Å². The van der Waals surface area contributed by atoms with E-state index in [4.69, 9.17) is 37.7 Å². The molecule has 3 aromatic rings. The monoisotopic (exact) mass is 691 g/mol. The highest BCUT2D eigenvalue weighted by molar-refractivity contribution is 6.30. The van der Waals surface area contributed by atoms with Crippen LogP contribution in [0.4, 0.5) is 4.79 Å². The van der Waals surface area contributed by atoms with E-state index >= 15 is 0 Å². The third-order valence-corrected chi connectivity index (χ3v) is 9.93. The van der Waals surface area contributed by atoms with Crippen molar-refractivity contribution in [1.29, 1.82) is 0 Å². The number of amidine groups is 1. The van der Waals surface area contributed by atoms with E-state index < -0.39 is 11.6 Å². The fourth-order valence-corrected chi connectivity index (χ4v) is 7.15. The number of benzene rings is 3. The minimum atomic E-state index is -0.900. The summed E-state index contributed by atoms with van der Waals surface area (Å²) in [7, 11) is 1.61. The number of halogens is 2. The summed E-state index contributed by atoms with van der Waals surface area (Å²) in [6.07, 6.45) is 2.00. The average Bonchev–Trinajstić information content (AvgIpc) is 3.73. The SMILES string of the molecule is COc1ccc(C2=NC(C)(c3ccc(Cl)cc3)C(c3ccc(Cl)cc3)N2C(=O)N2CCN(CC(=O)N3CCCC3)CC2)c(OC(C)C)c1. The van der Waals surface area contributed by atoms with Gasteiger partial charge >= 0.3 is 6.03 Å². The zero-order valence-corrected chi connectivity index (χ0v) is 29.5. The second kappa shape index (κ2) is 14.4. The van der Waals surface area contributed by atoms with Crippen molar-refractivity contribution < 1.29 is 19.1 Å². The molecule has 11 heteroatoms. The van der Waals surface area contributed by atoms with Crippen LogP contribution in [0, 0.1) is 0 Å². The molecule has 2 fully saturated rings. The highest BCUT2D eigenvalue weighted by Gasteiger charge is 2.52. The maximum atomic E-state index is 15.0. The molecule has 3 aliphatic rings. The normalized spacial score (nSPS) is 21.5. The van der Waals surface area contributed by atoms with E-state index in [1.54, 1.807) is 7.11 Å². The number of nitrogens with zero attached hydrogens (tertiary/aromatic N) is 5. The van der Waals surface area contributed by atoms with Crippen LogP contribution in [0.5, 0.6) is 11.5 Å². The molecule has 6 rings (SSSR count). The summed E-state index contributed by atoms with van der Waals surface area (Å²) in [4.78, 5) is 41.1. The second-order valence-electron chi connectivity index (χ2n) is 13.1. The van der Waals surface area contributed by atoms with Crippen molar-refractivity contribution in [3.8, 4) is 11.5 Å². The number of hydrogen-bond acceptors (Lipinski definition) is 6. The Balaban J connectivity index is 1.41. The second-order valence-corrected chi connectivity index (χ2v) is 13.9. The summed E-state index contributed by atoms with van der Waals surface area (Å²) in [5.41, 5.74) is 1.58. The summed E-state index contributed by atoms with van der Waals surface area (Å²) in [6, 6.07) is 20.2. The number of ether oxygens (including phenoxy) is 2. The van der Waals surface area contributed by atoms with E-state index in [0.29, 0.717) is 65.7 Å². The molecule has 2 atom stereocenters. The number of rotatable bonds is 8. The number of carbonyl (C=O) groups is 2. The van der Waals surface area contributed by atoms with Crippen LogP contribution in [0.3, 0.4) is 0 Å². The van der Waals surface area contributed by atoms with Crippen molar-refractivity contribution in [2.75, 3.05) is 52.9 Å². The minimum Gasteiger partial charge on any atom is -0.497 e. The lowest BCUT2D eigenvalue weighted by Crippen LogP contribution is -2.56. The Morgan fingerprint density at radius 1 is 0.875 bits per heavy atom. The van der Waals surface area contributed by atoms with Gasteiger partial charge in [0.15, 0.2) is 0 Å². The van der Waals surface area contributed by atoms with Gasteiger partial charge in [0.25, 0.3) is 0 Å². The van der Waals surface area contributed by atoms with Gasteiger partial charge in [-0.25, -0.2) is 4.79 Å². The highest BCUT2D eigenvalue weighted by atomic mass is 35.5. The Morgan fingerprint density at radius 2 is 1.50 bits per heavy atom. The molecule has 3 aliphatic heterocycles. The van der Waals surface area contributed by atoms with Gasteiger partial charge in [0, 0.05) is 55.4 Å². The molecule has 254 valence electrons. The lowest BCUT2D eigenvalue weighted by Gasteiger charge is -2.40. The van der Waals surface area contributed by atoms with Gasteiger partial charge in [-0.1, -0.05) is 47.5 Å². The summed E-state index contributed by atoms with van der Waals surface area (Å²) in [5.74, 6) is 1.88.